The first kappa shape index (κ1) is 68.6. The van der Waals surface area contributed by atoms with Crippen molar-refractivity contribution in [1.82, 2.24) is 17.1 Å². The number of hydrogen-bond acceptors (Lipinski definition) is 8. The third kappa shape index (κ3) is 18.0. The van der Waals surface area contributed by atoms with Crippen molar-refractivity contribution >= 4 is 139 Å². The fraction of sp³-hybridized carbons (Fsp3) is 0.743. The van der Waals surface area contributed by atoms with Crippen LogP contribution in [0, 0.1) is 11.8 Å². The summed E-state index contributed by atoms with van der Waals surface area (Å²) in [6.07, 6.45) is 58.8. The molecule has 0 fully saturated rings. The molecular formula is C74H116N4O2S4Se. The molecule has 11 heteroatoms. The van der Waals surface area contributed by atoms with E-state index in [4.69, 9.17) is 12.7 Å². The number of aromatic nitrogens is 4. The molecule has 0 N–H and O–H groups in total. The van der Waals surface area contributed by atoms with E-state index in [0.717, 1.165) is 47.8 Å². The van der Waals surface area contributed by atoms with Crippen LogP contribution in [0.15, 0.2) is 0 Å². The van der Waals surface area contributed by atoms with E-state index in [1.165, 1.54) is 347 Å². The Kier molecular flexibility index (Phi) is 30.5. The van der Waals surface area contributed by atoms with E-state index in [1.54, 1.807) is 0 Å². The Bertz CT molecular complexity index is 3180. The van der Waals surface area contributed by atoms with Crippen molar-refractivity contribution in [1.29, 1.82) is 0 Å². The number of unbranched alkanes of at least 4 members (excludes halogenated alkanes) is 32. The Labute approximate surface area is 538 Å². The van der Waals surface area contributed by atoms with Crippen LogP contribution in [0.5, 0.6) is 5.06 Å². The number of ether oxygens (including phenoxy) is 1. The quantitative estimate of drug-likeness (QED) is 0.0217. The molecule has 0 aliphatic heterocycles. The molecule has 2 unspecified atom stereocenters. The number of benzene rings is 1. The summed E-state index contributed by atoms with van der Waals surface area (Å²) < 4.78 is 32.0. The monoisotopic (exact) mass is 1300 g/mol. The molecule has 0 radical (unpaired) electrons. The van der Waals surface area contributed by atoms with Crippen LogP contribution in [0.3, 0.4) is 0 Å². The average molecular weight is 1300 g/mol. The first-order chi connectivity index (χ1) is 42.0. The van der Waals surface area contributed by atoms with Gasteiger partial charge in [-0.05, 0) is 0 Å². The van der Waals surface area contributed by atoms with Gasteiger partial charge >= 0.3 is 411 Å². The van der Waals surface area contributed by atoms with E-state index in [9.17, 15) is 4.79 Å². The standard InChI is InChI=1S/C74H116N4O2S4Se/c1-8-14-20-26-30-32-34-38-44-50-57-59(54-79)81-72-66-70(82-68(57)72)60-62-63(76-85-75-62)61-65(64(60)77(66)52-55(46-40-24-18-12-5)48-42-36-28-22-16-10-3)78(53-56(47-41-25-19-13-6)49-43-37-29-23-17-11-4)67-71(61)83-69-58(74(80-7)84-73(67)69)51-45-39-35-33-31-27-21-15-9-2/h54-56H,8-53H2,1-7H3. The molecule has 7 aromatic heterocycles. The zero-order valence-corrected chi connectivity index (χ0v) is 59.9. The second-order valence-electron chi connectivity index (χ2n) is 26.3. The Morgan fingerprint density at radius 3 is 1.09 bits per heavy atom. The van der Waals surface area contributed by atoms with Crippen LogP contribution in [0.25, 0.3) is 72.1 Å². The molecule has 6 nitrogen and oxygen atoms in total. The van der Waals surface area contributed by atoms with Crippen LogP contribution in [0.2, 0.25) is 0 Å². The summed E-state index contributed by atoms with van der Waals surface area (Å²) in [6, 6.07) is 0. The molecule has 0 saturated carbocycles. The summed E-state index contributed by atoms with van der Waals surface area (Å²) >= 11 is 7.64. The average Bonchev–Trinajstić information content (AvgIpc) is 1.53. The number of fused-ring (bicyclic) bond motifs is 14. The number of carbonyl (C=O) groups excluding carboxylic acids is 1. The number of carbonyl (C=O) groups is 1. The summed E-state index contributed by atoms with van der Waals surface area (Å²) in [4.78, 5) is 14.3. The molecule has 0 aliphatic rings. The molecule has 7 heterocycles. The molecule has 0 amide bonds. The van der Waals surface area contributed by atoms with Crippen LogP contribution < -0.4 is 4.74 Å². The number of hydrogen-bond donors (Lipinski definition) is 0. The van der Waals surface area contributed by atoms with Crippen molar-refractivity contribution in [2.45, 2.75) is 337 Å². The topological polar surface area (TPSA) is 61.9 Å². The molecule has 8 aromatic rings. The molecule has 8 rings (SSSR count). The maximum absolute atomic E-state index is 13.4. The summed E-state index contributed by atoms with van der Waals surface area (Å²) in [6.45, 7) is 16.1. The molecule has 0 spiro atoms. The van der Waals surface area contributed by atoms with Crippen LogP contribution >= 0.6 is 45.3 Å². The predicted octanol–water partition coefficient (Wildman–Crippen LogP) is 26.1. The molecule has 0 aliphatic carbocycles. The fourth-order valence-corrected chi connectivity index (χ4v) is 21.4. The summed E-state index contributed by atoms with van der Waals surface area (Å²) in [7, 11) is 1.93. The van der Waals surface area contributed by atoms with Crippen molar-refractivity contribution in [3.63, 3.8) is 0 Å². The first-order valence-electron chi connectivity index (χ1n) is 36.0. The van der Waals surface area contributed by atoms with E-state index in [-0.39, 0.29) is 15.0 Å². The van der Waals surface area contributed by atoms with Gasteiger partial charge in [-0.25, -0.2) is 0 Å². The van der Waals surface area contributed by atoms with Gasteiger partial charge in [0.15, 0.2) is 0 Å². The minimum atomic E-state index is -0.203. The van der Waals surface area contributed by atoms with Crippen molar-refractivity contribution in [2.75, 3.05) is 7.11 Å². The predicted molar refractivity (Wildman–Crippen MR) is 383 cm³/mol. The number of methoxy groups -OCH3 is 1. The van der Waals surface area contributed by atoms with Crippen LogP contribution in [0.4, 0.5) is 0 Å². The second-order valence-corrected chi connectivity index (χ2v) is 31.5. The Hall–Kier alpha value is -2.27. The van der Waals surface area contributed by atoms with Crippen molar-refractivity contribution < 1.29 is 9.53 Å². The number of rotatable bonds is 50. The van der Waals surface area contributed by atoms with Gasteiger partial charge in [0.1, 0.15) is 0 Å². The second kappa shape index (κ2) is 37.8. The number of aryl methyl sites for hydroxylation is 2. The van der Waals surface area contributed by atoms with Crippen LogP contribution in [-0.2, 0) is 25.9 Å². The van der Waals surface area contributed by atoms with Crippen molar-refractivity contribution in [2.24, 2.45) is 11.8 Å². The third-order valence-electron chi connectivity index (χ3n) is 19.5. The first-order valence-corrected chi connectivity index (χ1v) is 40.8. The third-order valence-corrected chi connectivity index (χ3v) is 25.7. The van der Waals surface area contributed by atoms with E-state index in [0.29, 0.717) is 11.8 Å². The molecule has 0 bridgehead atoms. The van der Waals surface area contributed by atoms with Gasteiger partial charge < -0.3 is 0 Å². The van der Waals surface area contributed by atoms with E-state index >= 15 is 0 Å². The normalized spacial score (nSPS) is 13.1. The zero-order chi connectivity index (χ0) is 59.6. The van der Waals surface area contributed by atoms with E-state index in [1.807, 2.05) is 41.1 Å². The fourth-order valence-electron chi connectivity index (χ4n) is 14.5. The molecular weight excluding hydrogens is 1180 g/mol. The Morgan fingerprint density at radius 2 is 0.718 bits per heavy atom. The van der Waals surface area contributed by atoms with Gasteiger partial charge in [-0.3, -0.25) is 0 Å². The summed E-state index contributed by atoms with van der Waals surface area (Å²) in [5, 5.41) is 3.89. The van der Waals surface area contributed by atoms with Gasteiger partial charge in [-0.2, -0.15) is 0 Å². The van der Waals surface area contributed by atoms with Crippen molar-refractivity contribution in [3.8, 4) is 5.06 Å². The summed E-state index contributed by atoms with van der Waals surface area (Å²) in [5.41, 5.74) is 10.8. The van der Waals surface area contributed by atoms with Gasteiger partial charge in [0, 0.05) is 0 Å². The molecule has 85 heavy (non-hydrogen) atoms. The Morgan fingerprint density at radius 1 is 0.388 bits per heavy atom. The summed E-state index contributed by atoms with van der Waals surface area (Å²) in [5.74, 6) is 1.18. The molecule has 0 saturated heterocycles. The maximum atomic E-state index is 13.4. The van der Waals surface area contributed by atoms with Crippen LogP contribution in [-0.4, -0.2) is 45.5 Å². The number of thiophene rings is 4. The van der Waals surface area contributed by atoms with Gasteiger partial charge in [0.25, 0.3) is 0 Å². The van der Waals surface area contributed by atoms with Gasteiger partial charge in [0.05, 0.1) is 0 Å². The van der Waals surface area contributed by atoms with E-state index < -0.39 is 0 Å². The SMILES string of the molecule is CCCCCCCCCCCc1c(C=O)sc2c1sc1c3c4n[se]nc4c4c5sc6c(CCCCCCCCCCC)c(OC)sc6c5n(CC(CCCCCC)CCCCCCCC)c4c3n(CC(CCCCCC)CCCCCCCC)c21. The van der Waals surface area contributed by atoms with E-state index in [2.05, 4.69) is 62.0 Å². The zero-order valence-electron chi connectivity index (χ0n) is 54.9. The molecule has 2 atom stereocenters. The molecule has 1 aromatic carbocycles. The van der Waals surface area contributed by atoms with Gasteiger partial charge in [-0.1, -0.05) is 131 Å². The molecule has 474 valence electrons. The van der Waals surface area contributed by atoms with Gasteiger partial charge in [0.2, 0.25) is 0 Å². The van der Waals surface area contributed by atoms with Crippen LogP contribution in [0.1, 0.15) is 332 Å². The van der Waals surface area contributed by atoms with Crippen molar-refractivity contribution in [3.05, 3.63) is 16.0 Å². The number of aldehydes is 1. The minimum absolute atomic E-state index is 0.203. The Balaban J connectivity index is 1.32. The van der Waals surface area contributed by atoms with Gasteiger partial charge in [-0.15, -0.1) is 0 Å². The number of nitrogens with zero attached hydrogens (tertiary/aromatic N) is 4.